The van der Waals surface area contributed by atoms with Crippen LogP contribution in [-0.4, -0.2) is 60.5 Å². The highest BCUT2D eigenvalue weighted by molar-refractivity contribution is 7.07. The molecule has 6 heterocycles. The predicted molar refractivity (Wildman–Crippen MR) is 129 cm³/mol. The second-order valence-corrected chi connectivity index (χ2v) is 8.92. The molecule has 1 aliphatic heterocycles. The molecule has 9 nitrogen and oxygen atoms in total. The lowest BCUT2D eigenvalue weighted by Gasteiger charge is -2.35. The molecule has 1 aliphatic rings. The maximum atomic E-state index is 4.61. The van der Waals surface area contributed by atoms with Gasteiger partial charge in [0.2, 0.25) is 5.95 Å². The van der Waals surface area contributed by atoms with E-state index in [9.17, 15) is 0 Å². The molecule has 0 radical (unpaired) electrons. The zero-order valence-corrected chi connectivity index (χ0v) is 19.1. The molecule has 166 valence electrons. The van der Waals surface area contributed by atoms with E-state index in [1.807, 2.05) is 52.7 Å². The smallest absolute Gasteiger partial charge is 0.225 e. The first-order valence-electron chi connectivity index (χ1n) is 10.9. The van der Waals surface area contributed by atoms with Crippen LogP contribution in [0.25, 0.3) is 16.6 Å². The number of anilines is 2. The Bertz CT molecular complexity index is 1360. The van der Waals surface area contributed by atoms with Crippen molar-refractivity contribution >= 4 is 28.5 Å². The minimum Gasteiger partial charge on any atom is -0.365 e. The molecule has 0 unspecified atom stereocenters. The molecule has 0 spiro atoms. The van der Waals surface area contributed by atoms with E-state index in [1.54, 1.807) is 11.3 Å². The Hall–Kier alpha value is -3.79. The van der Waals surface area contributed by atoms with E-state index in [0.717, 1.165) is 72.1 Å². The maximum Gasteiger partial charge on any atom is 0.225 e. The van der Waals surface area contributed by atoms with Crippen LogP contribution in [0.1, 0.15) is 11.3 Å². The first-order valence-corrected chi connectivity index (χ1v) is 11.8. The fourth-order valence-corrected chi connectivity index (χ4v) is 4.80. The summed E-state index contributed by atoms with van der Waals surface area (Å²) < 4.78 is 3.76. The number of aromatic nitrogens is 7. The van der Waals surface area contributed by atoms with Gasteiger partial charge in [-0.2, -0.15) is 10.2 Å². The molecule has 0 aromatic carbocycles. The van der Waals surface area contributed by atoms with E-state index in [1.165, 1.54) is 0 Å². The lowest BCUT2D eigenvalue weighted by atomic mass is 10.1. The van der Waals surface area contributed by atoms with Crippen LogP contribution in [-0.2, 0) is 13.5 Å². The minimum absolute atomic E-state index is 0.773. The fraction of sp³-hybridized carbons (Fsp3) is 0.261. The van der Waals surface area contributed by atoms with Crippen molar-refractivity contribution < 1.29 is 0 Å². The van der Waals surface area contributed by atoms with Gasteiger partial charge in [0.25, 0.3) is 0 Å². The number of pyridine rings is 1. The van der Waals surface area contributed by atoms with Gasteiger partial charge in [-0.05, 0) is 11.6 Å². The SMILES string of the molecule is Cn1cc(-c2ccc3c(N4CCN(c5ncc(Cc6cscn6)cn5)CC4)cnn3c2)cn1. The molecular weight excluding hydrogens is 434 g/mol. The highest BCUT2D eigenvalue weighted by atomic mass is 32.1. The van der Waals surface area contributed by atoms with E-state index in [2.05, 4.69) is 58.7 Å². The lowest BCUT2D eigenvalue weighted by molar-refractivity contribution is 0.640. The monoisotopic (exact) mass is 457 g/mol. The van der Waals surface area contributed by atoms with Crippen LogP contribution in [0.2, 0.25) is 0 Å². The summed E-state index contributed by atoms with van der Waals surface area (Å²) in [5.74, 6) is 0.789. The largest absolute Gasteiger partial charge is 0.365 e. The fourth-order valence-electron chi connectivity index (χ4n) is 4.24. The van der Waals surface area contributed by atoms with Gasteiger partial charge >= 0.3 is 0 Å². The molecule has 0 bridgehead atoms. The second-order valence-electron chi connectivity index (χ2n) is 8.20. The average Bonchev–Trinajstić information content (AvgIpc) is 3.61. The van der Waals surface area contributed by atoms with Crippen LogP contribution in [0.15, 0.2) is 60.2 Å². The molecule has 0 saturated carbocycles. The van der Waals surface area contributed by atoms with Crippen LogP contribution in [0, 0.1) is 0 Å². The highest BCUT2D eigenvalue weighted by Gasteiger charge is 2.21. The predicted octanol–water partition coefficient (Wildman–Crippen LogP) is 2.90. The van der Waals surface area contributed by atoms with Gasteiger partial charge in [-0.15, -0.1) is 11.3 Å². The Morgan fingerprint density at radius 3 is 2.39 bits per heavy atom. The number of hydrogen-bond acceptors (Lipinski definition) is 8. The maximum absolute atomic E-state index is 4.61. The summed E-state index contributed by atoms with van der Waals surface area (Å²) in [6.07, 6.45) is 12.5. The molecule has 0 aliphatic carbocycles. The third-order valence-electron chi connectivity index (χ3n) is 6.00. The van der Waals surface area contributed by atoms with Gasteiger partial charge in [-0.25, -0.2) is 19.5 Å². The van der Waals surface area contributed by atoms with Crippen molar-refractivity contribution in [1.82, 2.24) is 34.3 Å². The summed E-state index contributed by atoms with van der Waals surface area (Å²) in [5.41, 5.74) is 8.46. The lowest BCUT2D eigenvalue weighted by Crippen LogP contribution is -2.47. The number of hydrogen-bond donors (Lipinski definition) is 0. The summed E-state index contributed by atoms with van der Waals surface area (Å²) in [7, 11) is 1.93. The summed E-state index contributed by atoms with van der Waals surface area (Å²) >= 11 is 1.61. The number of aryl methyl sites for hydroxylation is 1. The van der Waals surface area contributed by atoms with Crippen molar-refractivity contribution in [2.75, 3.05) is 36.0 Å². The Labute approximate surface area is 195 Å². The van der Waals surface area contributed by atoms with Crippen LogP contribution >= 0.6 is 11.3 Å². The number of piperazine rings is 1. The molecule has 0 N–H and O–H groups in total. The second kappa shape index (κ2) is 8.28. The molecule has 0 atom stereocenters. The zero-order chi connectivity index (χ0) is 22.2. The van der Waals surface area contributed by atoms with Crippen molar-refractivity contribution in [2.24, 2.45) is 7.05 Å². The molecule has 6 rings (SSSR count). The van der Waals surface area contributed by atoms with Gasteiger partial charge in [0.1, 0.15) is 0 Å². The van der Waals surface area contributed by atoms with Crippen molar-refractivity contribution in [3.05, 3.63) is 71.5 Å². The van der Waals surface area contributed by atoms with E-state index >= 15 is 0 Å². The standard InChI is InChI=1S/C23H23N9S/c1-29-13-19(11-27-29)18-2-3-21-22(12-28-32(21)14-18)30-4-6-31(7-5-30)23-24-9-17(10-25-23)8-20-15-33-16-26-20/h2-3,9-16H,4-8H2,1H3. The summed E-state index contributed by atoms with van der Waals surface area (Å²) in [6, 6.07) is 4.27. The van der Waals surface area contributed by atoms with Gasteiger partial charge in [-0.3, -0.25) is 4.68 Å². The number of rotatable bonds is 5. The number of nitrogens with zero attached hydrogens (tertiary/aromatic N) is 9. The average molecular weight is 458 g/mol. The van der Waals surface area contributed by atoms with Crippen LogP contribution in [0.3, 0.4) is 0 Å². The van der Waals surface area contributed by atoms with Crippen LogP contribution < -0.4 is 9.80 Å². The molecular formula is C23H23N9S. The van der Waals surface area contributed by atoms with Crippen molar-refractivity contribution in [1.29, 1.82) is 0 Å². The van der Waals surface area contributed by atoms with Crippen molar-refractivity contribution in [2.45, 2.75) is 6.42 Å². The van der Waals surface area contributed by atoms with Crippen LogP contribution in [0.5, 0.6) is 0 Å². The molecule has 5 aromatic heterocycles. The third-order valence-corrected chi connectivity index (χ3v) is 6.63. The summed E-state index contributed by atoms with van der Waals surface area (Å²) in [4.78, 5) is 18.2. The van der Waals surface area contributed by atoms with Crippen molar-refractivity contribution in [3.8, 4) is 11.1 Å². The first kappa shape index (κ1) is 19.9. The molecule has 5 aromatic rings. The zero-order valence-electron chi connectivity index (χ0n) is 18.2. The van der Waals surface area contributed by atoms with Gasteiger partial charge in [-0.1, -0.05) is 6.07 Å². The summed E-state index contributed by atoms with van der Waals surface area (Å²) in [6.45, 7) is 3.54. The Kier molecular flexibility index (Phi) is 4.99. The molecule has 33 heavy (non-hydrogen) atoms. The highest BCUT2D eigenvalue weighted by Crippen LogP contribution is 2.26. The van der Waals surface area contributed by atoms with Crippen LogP contribution in [0.4, 0.5) is 11.6 Å². The van der Waals surface area contributed by atoms with E-state index in [4.69, 9.17) is 0 Å². The minimum atomic E-state index is 0.773. The molecule has 1 saturated heterocycles. The van der Waals surface area contributed by atoms with Crippen molar-refractivity contribution in [3.63, 3.8) is 0 Å². The number of fused-ring (bicyclic) bond motifs is 1. The molecule has 10 heteroatoms. The third kappa shape index (κ3) is 3.93. The Morgan fingerprint density at radius 2 is 1.67 bits per heavy atom. The van der Waals surface area contributed by atoms with E-state index < -0.39 is 0 Å². The number of thiazole rings is 1. The summed E-state index contributed by atoms with van der Waals surface area (Å²) in [5, 5.41) is 10.9. The molecule has 1 fully saturated rings. The molecule has 0 amide bonds. The quantitative estimate of drug-likeness (QED) is 0.401. The first-order chi connectivity index (χ1) is 16.2. The Morgan fingerprint density at radius 1 is 0.848 bits per heavy atom. The Balaban J connectivity index is 1.13. The van der Waals surface area contributed by atoms with Gasteiger partial charge in [0.15, 0.2) is 0 Å². The topological polar surface area (TPSA) is 80.3 Å². The normalized spacial score (nSPS) is 14.3. The van der Waals surface area contributed by atoms with E-state index in [0.29, 0.717) is 0 Å². The van der Waals surface area contributed by atoms with Gasteiger partial charge in [0.05, 0.1) is 34.8 Å². The van der Waals surface area contributed by atoms with E-state index in [-0.39, 0.29) is 0 Å². The van der Waals surface area contributed by atoms with Gasteiger partial charge < -0.3 is 9.80 Å². The van der Waals surface area contributed by atoms with Gasteiger partial charge in [0, 0.05) is 80.9 Å².